The Morgan fingerprint density at radius 1 is 0.583 bits per heavy atom. The fourth-order valence-corrected chi connectivity index (χ4v) is 5.50. The Kier molecular flexibility index (Phi) is 7.22. The molecule has 0 aliphatic rings. The monoisotopic (exact) mass is 474 g/mol. The van der Waals surface area contributed by atoms with Gasteiger partial charge in [0.1, 0.15) is 5.75 Å². The first-order valence-electron chi connectivity index (χ1n) is 12.8. The number of para-hydroxylation sites is 1. The number of benzene rings is 4. The van der Waals surface area contributed by atoms with Crippen LogP contribution in [0.1, 0.15) is 52.8 Å². The van der Waals surface area contributed by atoms with Crippen molar-refractivity contribution in [2.75, 3.05) is 0 Å². The summed E-state index contributed by atoms with van der Waals surface area (Å²) in [7, 11) is 0. The van der Waals surface area contributed by atoms with E-state index in [0.29, 0.717) is 0 Å². The van der Waals surface area contributed by atoms with Gasteiger partial charge in [-0.05, 0) is 86.6 Å². The van der Waals surface area contributed by atoms with Crippen LogP contribution in [0, 0.1) is 41.5 Å². The van der Waals surface area contributed by atoms with E-state index in [4.69, 9.17) is 4.74 Å². The normalized spacial score (nSPS) is 11.8. The van der Waals surface area contributed by atoms with Gasteiger partial charge in [0.2, 0.25) is 0 Å². The van der Waals surface area contributed by atoms with E-state index in [1.165, 1.54) is 50.1 Å². The first kappa shape index (κ1) is 25.5. The lowest BCUT2D eigenvalue weighted by Crippen LogP contribution is -2.13. The van der Waals surface area contributed by atoms with Gasteiger partial charge in [0.15, 0.2) is 0 Å². The maximum absolute atomic E-state index is 6.63. The zero-order chi connectivity index (χ0) is 26.0. The molecule has 4 aromatic carbocycles. The first-order valence-corrected chi connectivity index (χ1v) is 12.8. The van der Waals surface area contributed by atoms with Gasteiger partial charge in [0, 0.05) is 16.5 Å². The third kappa shape index (κ3) is 5.16. The predicted molar refractivity (Wildman–Crippen MR) is 155 cm³/mol. The third-order valence-corrected chi connectivity index (χ3v) is 7.10. The molecule has 0 saturated carbocycles. The Morgan fingerprint density at radius 2 is 1.03 bits per heavy atom. The van der Waals surface area contributed by atoms with Crippen LogP contribution in [0.4, 0.5) is 0 Å². The molecule has 4 rings (SSSR count). The molecule has 0 radical (unpaired) electrons. The number of hydrogen-bond donors (Lipinski definition) is 0. The van der Waals surface area contributed by atoms with Crippen LogP contribution in [0.5, 0.6) is 5.75 Å². The highest BCUT2D eigenvalue weighted by Gasteiger charge is 2.20. The molecular formula is C35H38O. The molecular weight excluding hydrogens is 436 g/mol. The SMILES string of the molecule is Cc1cc(C)c(-c2cccc(-c3c(C)cc(C)cc3C)c2O/C=C/C(C)(C)c2ccccc2)c(C)c1. The summed E-state index contributed by atoms with van der Waals surface area (Å²) < 4.78 is 6.63. The van der Waals surface area contributed by atoms with Crippen molar-refractivity contribution in [3.05, 3.63) is 124 Å². The highest BCUT2D eigenvalue weighted by atomic mass is 16.5. The Labute approximate surface area is 217 Å². The van der Waals surface area contributed by atoms with E-state index >= 15 is 0 Å². The fraction of sp³-hybridized carbons (Fsp3) is 0.257. The van der Waals surface area contributed by atoms with Crippen LogP contribution in [-0.2, 0) is 5.41 Å². The summed E-state index contributed by atoms with van der Waals surface area (Å²) in [4.78, 5) is 0. The van der Waals surface area contributed by atoms with E-state index < -0.39 is 0 Å². The summed E-state index contributed by atoms with van der Waals surface area (Å²) in [6.07, 6.45) is 4.04. The van der Waals surface area contributed by atoms with E-state index in [-0.39, 0.29) is 5.41 Å². The summed E-state index contributed by atoms with van der Waals surface area (Å²) in [5, 5.41) is 0. The van der Waals surface area contributed by atoms with Crippen LogP contribution < -0.4 is 4.74 Å². The highest BCUT2D eigenvalue weighted by molar-refractivity contribution is 5.87. The highest BCUT2D eigenvalue weighted by Crippen LogP contribution is 2.44. The molecule has 0 N–H and O–H groups in total. The third-order valence-electron chi connectivity index (χ3n) is 7.10. The number of aryl methyl sites for hydroxylation is 6. The van der Waals surface area contributed by atoms with E-state index in [9.17, 15) is 0 Å². The molecule has 0 fully saturated rings. The van der Waals surface area contributed by atoms with E-state index in [1.54, 1.807) is 0 Å². The Morgan fingerprint density at radius 3 is 1.47 bits per heavy atom. The quantitative estimate of drug-likeness (QED) is 0.253. The van der Waals surface area contributed by atoms with E-state index in [0.717, 1.165) is 16.9 Å². The molecule has 0 amide bonds. The molecule has 0 bridgehead atoms. The molecule has 0 atom stereocenters. The smallest absolute Gasteiger partial charge is 0.142 e. The maximum Gasteiger partial charge on any atom is 0.142 e. The molecule has 184 valence electrons. The minimum absolute atomic E-state index is 0.151. The predicted octanol–water partition coefficient (Wildman–Crippen LogP) is 9.74. The average Bonchev–Trinajstić information content (AvgIpc) is 2.79. The van der Waals surface area contributed by atoms with E-state index in [1.807, 2.05) is 6.26 Å². The van der Waals surface area contributed by atoms with Gasteiger partial charge in [-0.25, -0.2) is 0 Å². The minimum Gasteiger partial charge on any atom is -0.464 e. The van der Waals surface area contributed by atoms with Crippen molar-refractivity contribution < 1.29 is 4.74 Å². The lowest BCUT2D eigenvalue weighted by atomic mass is 9.85. The van der Waals surface area contributed by atoms with Gasteiger partial charge in [0.25, 0.3) is 0 Å². The molecule has 0 unspecified atom stereocenters. The fourth-order valence-electron chi connectivity index (χ4n) is 5.50. The first-order chi connectivity index (χ1) is 17.1. The molecule has 0 saturated heterocycles. The van der Waals surface area contributed by atoms with Crippen LogP contribution in [0.15, 0.2) is 85.1 Å². The topological polar surface area (TPSA) is 9.23 Å². The summed E-state index contributed by atoms with van der Waals surface area (Å²) in [5.41, 5.74) is 13.5. The molecule has 0 aromatic heterocycles. The minimum atomic E-state index is -0.151. The number of hydrogen-bond acceptors (Lipinski definition) is 1. The van der Waals surface area contributed by atoms with E-state index in [2.05, 4.69) is 134 Å². The van der Waals surface area contributed by atoms with Crippen LogP contribution in [-0.4, -0.2) is 0 Å². The summed E-state index contributed by atoms with van der Waals surface area (Å²) in [6.45, 7) is 17.5. The van der Waals surface area contributed by atoms with Crippen molar-refractivity contribution in [2.24, 2.45) is 0 Å². The molecule has 4 aromatic rings. The number of ether oxygens (including phenoxy) is 1. The summed E-state index contributed by atoms with van der Waals surface area (Å²) in [6, 6.07) is 26.2. The lowest BCUT2D eigenvalue weighted by molar-refractivity contribution is 0.473. The van der Waals surface area contributed by atoms with Crippen LogP contribution in [0.3, 0.4) is 0 Å². The Balaban J connectivity index is 1.90. The van der Waals surface area contributed by atoms with Gasteiger partial charge in [-0.15, -0.1) is 0 Å². The molecule has 1 heteroatoms. The number of allylic oxidation sites excluding steroid dienone is 1. The Hall–Kier alpha value is -3.58. The number of rotatable bonds is 6. The van der Waals surface area contributed by atoms with Crippen LogP contribution in [0.25, 0.3) is 22.3 Å². The van der Waals surface area contributed by atoms with Crippen LogP contribution in [0.2, 0.25) is 0 Å². The molecule has 0 spiro atoms. The lowest BCUT2D eigenvalue weighted by Gasteiger charge is -2.22. The van der Waals surface area contributed by atoms with Crippen molar-refractivity contribution in [2.45, 2.75) is 60.8 Å². The van der Waals surface area contributed by atoms with Crippen molar-refractivity contribution in [3.8, 4) is 28.0 Å². The van der Waals surface area contributed by atoms with Gasteiger partial charge in [-0.1, -0.05) is 97.8 Å². The van der Waals surface area contributed by atoms with Gasteiger partial charge in [-0.3, -0.25) is 0 Å². The van der Waals surface area contributed by atoms with Gasteiger partial charge in [0.05, 0.1) is 6.26 Å². The average molecular weight is 475 g/mol. The largest absolute Gasteiger partial charge is 0.464 e. The second kappa shape index (κ2) is 10.2. The van der Waals surface area contributed by atoms with Crippen molar-refractivity contribution in [1.82, 2.24) is 0 Å². The van der Waals surface area contributed by atoms with Crippen molar-refractivity contribution >= 4 is 0 Å². The molecule has 36 heavy (non-hydrogen) atoms. The second-order valence-corrected chi connectivity index (χ2v) is 10.7. The summed E-state index contributed by atoms with van der Waals surface area (Å²) >= 11 is 0. The maximum atomic E-state index is 6.63. The van der Waals surface area contributed by atoms with Gasteiger partial charge in [-0.2, -0.15) is 0 Å². The van der Waals surface area contributed by atoms with Gasteiger partial charge < -0.3 is 4.74 Å². The summed E-state index contributed by atoms with van der Waals surface area (Å²) in [5.74, 6) is 0.905. The van der Waals surface area contributed by atoms with Gasteiger partial charge >= 0.3 is 0 Å². The second-order valence-electron chi connectivity index (χ2n) is 10.7. The van der Waals surface area contributed by atoms with Crippen LogP contribution >= 0.6 is 0 Å². The Bertz CT molecular complexity index is 1300. The molecule has 0 heterocycles. The molecule has 0 aliphatic heterocycles. The van der Waals surface area contributed by atoms with Crippen molar-refractivity contribution in [1.29, 1.82) is 0 Å². The molecule has 0 aliphatic carbocycles. The van der Waals surface area contributed by atoms with Crippen molar-refractivity contribution in [3.63, 3.8) is 0 Å². The standard InChI is InChI=1S/C35H38O/c1-23-19-25(3)32(26(4)20-23)30-15-12-16-31(33-27(5)21-24(2)22-28(33)6)34(30)36-18-17-35(7,8)29-13-10-9-11-14-29/h9-22H,1-8H3/b18-17+. The molecule has 1 nitrogen and oxygen atoms in total. The zero-order valence-corrected chi connectivity index (χ0v) is 23.0. The zero-order valence-electron chi connectivity index (χ0n) is 23.0.